The average Bonchev–Trinajstić information content (AvgIpc) is 2.88. The van der Waals surface area contributed by atoms with Crippen LogP contribution >= 0.6 is 0 Å². The summed E-state index contributed by atoms with van der Waals surface area (Å²) in [6.45, 7) is 1.66. The number of benzene rings is 1. The molecule has 4 aliphatic carbocycles. The molecule has 0 saturated heterocycles. The molecule has 3 amide bonds. The Balaban J connectivity index is 1.32. The van der Waals surface area contributed by atoms with E-state index in [1.807, 2.05) is 0 Å². The molecule has 26 heavy (non-hydrogen) atoms. The fourth-order valence-corrected chi connectivity index (χ4v) is 6.12. The molecule has 4 saturated carbocycles. The number of fused-ring (bicyclic) bond motifs is 1. The van der Waals surface area contributed by atoms with E-state index in [0.29, 0.717) is 23.0 Å². The lowest BCUT2D eigenvalue weighted by Gasteiger charge is -2.54. The van der Waals surface area contributed by atoms with Crippen LogP contribution in [0.15, 0.2) is 24.3 Å². The number of nitrogens with one attached hydrogen (secondary N) is 1. The average molecular weight is 352 g/mol. The van der Waals surface area contributed by atoms with Gasteiger partial charge in [-0.1, -0.05) is 12.1 Å². The van der Waals surface area contributed by atoms with Crippen molar-refractivity contribution in [3.63, 3.8) is 0 Å². The third kappa shape index (κ3) is 2.25. The zero-order valence-corrected chi connectivity index (χ0v) is 15.0. The Morgan fingerprint density at radius 3 is 1.96 bits per heavy atom. The van der Waals surface area contributed by atoms with Crippen molar-refractivity contribution in [3.05, 3.63) is 35.4 Å². The van der Waals surface area contributed by atoms with Gasteiger partial charge in [0.2, 0.25) is 5.91 Å². The molecule has 0 spiro atoms. The van der Waals surface area contributed by atoms with Crippen LogP contribution in [-0.2, 0) is 4.79 Å². The minimum Gasteiger partial charge on any atom is -0.351 e. The molecule has 0 aromatic heterocycles. The lowest BCUT2D eigenvalue weighted by atomic mass is 9.54. The van der Waals surface area contributed by atoms with E-state index in [1.54, 1.807) is 31.2 Å². The van der Waals surface area contributed by atoms with E-state index in [-0.39, 0.29) is 23.8 Å². The third-order valence-electron chi connectivity index (χ3n) is 7.13. The van der Waals surface area contributed by atoms with E-state index >= 15 is 0 Å². The molecule has 0 radical (unpaired) electrons. The summed E-state index contributed by atoms with van der Waals surface area (Å²) in [5.74, 6) is 1.92. The molecule has 5 nitrogen and oxygen atoms in total. The number of carbonyl (C=O) groups excluding carboxylic acids is 3. The van der Waals surface area contributed by atoms with Gasteiger partial charge in [-0.2, -0.15) is 0 Å². The maximum atomic E-state index is 12.9. The van der Waals surface area contributed by atoms with Gasteiger partial charge >= 0.3 is 0 Å². The van der Waals surface area contributed by atoms with Crippen molar-refractivity contribution < 1.29 is 14.4 Å². The van der Waals surface area contributed by atoms with Crippen LogP contribution in [0, 0.1) is 23.7 Å². The van der Waals surface area contributed by atoms with Gasteiger partial charge in [0, 0.05) is 6.04 Å². The number of rotatable bonds is 3. The molecule has 4 bridgehead atoms. The topological polar surface area (TPSA) is 66.5 Å². The molecule has 1 aromatic rings. The highest BCUT2D eigenvalue weighted by atomic mass is 16.2. The number of nitrogens with zero attached hydrogens (tertiary/aromatic N) is 1. The van der Waals surface area contributed by atoms with Crippen LogP contribution in [0.1, 0.15) is 59.7 Å². The first-order valence-corrected chi connectivity index (χ1v) is 9.80. The number of amides is 3. The quantitative estimate of drug-likeness (QED) is 0.851. The van der Waals surface area contributed by atoms with Crippen LogP contribution in [-0.4, -0.2) is 34.7 Å². The molecule has 5 heteroatoms. The van der Waals surface area contributed by atoms with Crippen LogP contribution in [0.3, 0.4) is 0 Å². The molecule has 1 aromatic carbocycles. The SMILES string of the molecule is CC(C(=O)NC1C2CC3CC(C2)CC1C3)N1C(=O)c2ccccc2C1=O. The normalized spacial score (nSPS) is 35.6. The van der Waals surface area contributed by atoms with Crippen LogP contribution in [0.4, 0.5) is 0 Å². The second-order valence-corrected chi connectivity index (χ2v) is 8.67. The molecule has 1 heterocycles. The number of hydrogen-bond donors (Lipinski definition) is 1. The van der Waals surface area contributed by atoms with E-state index in [1.165, 1.54) is 32.1 Å². The monoisotopic (exact) mass is 352 g/mol. The molecular formula is C21H24N2O3. The molecule has 136 valence electrons. The summed E-state index contributed by atoms with van der Waals surface area (Å²) in [4.78, 5) is 39.3. The van der Waals surface area contributed by atoms with Crippen LogP contribution in [0.2, 0.25) is 0 Å². The van der Waals surface area contributed by atoms with Gasteiger partial charge in [-0.05, 0) is 74.8 Å². The largest absolute Gasteiger partial charge is 0.351 e. The van der Waals surface area contributed by atoms with Crippen LogP contribution in [0.5, 0.6) is 0 Å². The van der Waals surface area contributed by atoms with Crippen molar-refractivity contribution in [2.75, 3.05) is 0 Å². The highest BCUT2D eigenvalue weighted by molar-refractivity contribution is 6.22. The van der Waals surface area contributed by atoms with Crippen molar-refractivity contribution >= 4 is 17.7 Å². The van der Waals surface area contributed by atoms with Crippen molar-refractivity contribution in [1.82, 2.24) is 10.2 Å². The fraction of sp³-hybridized carbons (Fsp3) is 0.571. The Hall–Kier alpha value is -2.17. The molecule has 4 fully saturated rings. The van der Waals surface area contributed by atoms with E-state index in [0.717, 1.165) is 16.7 Å². The molecule has 5 aliphatic rings. The molecule has 1 atom stereocenters. The van der Waals surface area contributed by atoms with Gasteiger partial charge in [0.05, 0.1) is 11.1 Å². The second-order valence-electron chi connectivity index (χ2n) is 8.67. The third-order valence-corrected chi connectivity index (χ3v) is 7.13. The summed E-state index contributed by atoms with van der Waals surface area (Å²) in [5.41, 5.74) is 0.790. The van der Waals surface area contributed by atoms with Crippen molar-refractivity contribution in [2.24, 2.45) is 23.7 Å². The van der Waals surface area contributed by atoms with Gasteiger partial charge in [0.1, 0.15) is 6.04 Å². The van der Waals surface area contributed by atoms with Gasteiger partial charge in [-0.3, -0.25) is 19.3 Å². The van der Waals surface area contributed by atoms with E-state index in [2.05, 4.69) is 5.32 Å². The minimum absolute atomic E-state index is 0.197. The first kappa shape index (κ1) is 16.0. The summed E-state index contributed by atoms with van der Waals surface area (Å²) in [7, 11) is 0. The van der Waals surface area contributed by atoms with Crippen molar-refractivity contribution in [1.29, 1.82) is 0 Å². The number of imide groups is 1. The van der Waals surface area contributed by atoms with Gasteiger partial charge < -0.3 is 5.32 Å². The van der Waals surface area contributed by atoms with Gasteiger partial charge in [0.25, 0.3) is 11.8 Å². The maximum absolute atomic E-state index is 12.9. The Labute approximate surface area is 153 Å². The number of hydrogen-bond acceptors (Lipinski definition) is 3. The zero-order chi connectivity index (χ0) is 18.0. The Kier molecular flexibility index (Phi) is 3.49. The molecule has 1 aliphatic heterocycles. The molecular weight excluding hydrogens is 328 g/mol. The van der Waals surface area contributed by atoms with E-state index < -0.39 is 6.04 Å². The van der Waals surface area contributed by atoms with Crippen molar-refractivity contribution in [2.45, 2.75) is 51.1 Å². The Morgan fingerprint density at radius 1 is 0.962 bits per heavy atom. The molecule has 1 unspecified atom stereocenters. The summed E-state index contributed by atoms with van der Waals surface area (Å²) < 4.78 is 0. The maximum Gasteiger partial charge on any atom is 0.262 e. The zero-order valence-electron chi connectivity index (χ0n) is 15.0. The molecule has 6 rings (SSSR count). The minimum atomic E-state index is -0.778. The standard InChI is InChI=1S/C21H24N2O3/c1-11(23-20(25)16-4-2-3-5-17(16)21(23)26)19(24)22-18-14-7-12-6-13(9-14)10-15(18)8-12/h2-5,11-15,18H,6-10H2,1H3,(H,22,24). The fourth-order valence-electron chi connectivity index (χ4n) is 6.12. The summed E-state index contributed by atoms with van der Waals surface area (Å²) in [5, 5.41) is 3.22. The van der Waals surface area contributed by atoms with E-state index in [4.69, 9.17) is 0 Å². The first-order chi connectivity index (χ1) is 12.5. The van der Waals surface area contributed by atoms with Crippen LogP contribution < -0.4 is 5.32 Å². The lowest BCUT2D eigenvalue weighted by Crippen LogP contribution is -2.59. The van der Waals surface area contributed by atoms with Crippen LogP contribution in [0.25, 0.3) is 0 Å². The summed E-state index contributed by atoms with van der Waals surface area (Å²) in [6, 6.07) is 6.22. The number of carbonyl (C=O) groups is 3. The predicted molar refractivity (Wildman–Crippen MR) is 95.4 cm³/mol. The van der Waals surface area contributed by atoms with Gasteiger partial charge in [0.15, 0.2) is 0 Å². The lowest BCUT2D eigenvalue weighted by molar-refractivity contribution is -0.128. The Bertz CT molecular complexity index is 739. The summed E-state index contributed by atoms with van der Waals surface area (Å²) >= 11 is 0. The van der Waals surface area contributed by atoms with Gasteiger partial charge in [-0.25, -0.2) is 0 Å². The Morgan fingerprint density at radius 2 is 1.46 bits per heavy atom. The predicted octanol–water partition coefficient (Wildman–Crippen LogP) is 2.61. The van der Waals surface area contributed by atoms with Gasteiger partial charge in [-0.15, -0.1) is 0 Å². The van der Waals surface area contributed by atoms with E-state index in [9.17, 15) is 14.4 Å². The highest BCUT2D eigenvalue weighted by Gasteiger charge is 2.49. The molecule has 1 N–H and O–H groups in total. The smallest absolute Gasteiger partial charge is 0.262 e. The highest BCUT2D eigenvalue weighted by Crippen LogP contribution is 2.53. The second kappa shape index (κ2) is 5.66. The van der Waals surface area contributed by atoms with Crippen molar-refractivity contribution in [3.8, 4) is 0 Å². The first-order valence-electron chi connectivity index (χ1n) is 9.80. The summed E-state index contributed by atoms with van der Waals surface area (Å²) in [6.07, 6.45) is 6.26.